The summed E-state index contributed by atoms with van der Waals surface area (Å²) >= 11 is 0. The van der Waals surface area contributed by atoms with Crippen LogP contribution in [0.2, 0.25) is 0 Å². The highest BCUT2D eigenvalue weighted by Crippen LogP contribution is 2.36. The molecule has 1 N–H and O–H groups in total. The molecule has 0 aliphatic carbocycles. The predicted octanol–water partition coefficient (Wildman–Crippen LogP) is 2.45. The number of hydrogen-bond donors (Lipinski definition) is 1. The normalized spacial score (nSPS) is 19.5. The molecule has 0 radical (unpaired) electrons. The SMILES string of the molecule is Cc1ccc(OCCCCO)cc1B1OC(C)(C)C(C)(C)O1. The molecule has 5 heteroatoms. The summed E-state index contributed by atoms with van der Waals surface area (Å²) in [5.74, 6) is 0.813. The van der Waals surface area contributed by atoms with E-state index in [2.05, 4.69) is 34.6 Å². The summed E-state index contributed by atoms with van der Waals surface area (Å²) in [5.41, 5.74) is 1.45. The maximum atomic E-state index is 8.80. The van der Waals surface area contributed by atoms with Crippen LogP contribution in [0, 0.1) is 6.92 Å². The van der Waals surface area contributed by atoms with E-state index in [-0.39, 0.29) is 24.9 Å². The molecule has 2 rings (SSSR count). The number of unbranched alkanes of at least 4 members (excludes halogenated alkanes) is 1. The van der Waals surface area contributed by atoms with Gasteiger partial charge in [-0.25, -0.2) is 0 Å². The van der Waals surface area contributed by atoms with Gasteiger partial charge >= 0.3 is 7.12 Å². The van der Waals surface area contributed by atoms with Crippen LogP contribution in [0.25, 0.3) is 0 Å². The molecular formula is C17H27BO4. The first-order valence-electron chi connectivity index (χ1n) is 7.97. The smallest absolute Gasteiger partial charge is 0.494 e. The summed E-state index contributed by atoms with van der Waals surface area (Å²) in [4.78, 5) is 0. The van der Waals surface area contributed by atoms with Gasteiger partial charge in [0.05, 0.1) is 17.8 Å². The van der Waals surface area contributed by atoms with Gasteiger partial charge in [-0.15, -0.1) is 0 Å². The Bertz CT molecular complexity index is 497. The monoisotopic (exact) mass is 306 g/mol. The van der Waals surface area contributed by atoms with Crippen LogP contribution in [0.15, 0.2) is 18.2 Å². The second-order valence-electron chi connectivity index (χ2n) is 6.89. The molecule has 1 aliphatic rings. The Kier molecular flexibility index (Phi) is 5.20. The van der Waals surface area contributed by atoms with Crippen molar-refractivity contribution in [1.29, 1.82) is 0 Å². The van der Waals surface area contributed by atoms with Crippen LogP contribution in [-0.2, 0) is 9.31 Å². The van der Waals surface area contributed by atoms with E-state index in [1.54, 1.807) is 0 Å². The lowest BCUT2D eigenvalue weighted by Crippen LogP contribution is -2.41. The lowest BCUT2D eigenvalue weighted by molar-refractivity contribution is 0.00578. The highest BCUT2D eigenvalue weighted by atomic mass is 16.7. The van der Waals surface area contributed by atoms with Crippen LogP contribution in [0.3, 0.4) is 0 Å². The van der Waals surface area contributed by atoms with Gasteiger partial charge in [-0.3, -0.25) is 0 Å². The number of hydrogen-bond acceptors (Lipinski definition) is 4. The van der Waals surface area contributed by atoms with Gasteiger partial charge in [0.2, 0.25) is 0 Å². The van der Waals surface area contributed by atoms with Gasteiger partial charge in [0.25, 0.3) is 0 Å². The van der Waals surface area contributed by atoms with Gasteiger partial charge in [-0.1, -0.05) is 11.6 Å². The Morgan fingerprint density at radius 2 is 1.73 bits per heavy atom. The molecule has 1 saturated heterocycles. The Hall–Kier alpha value is -1.04. The van der Waals surface area contributed by atoms with Crippen molar-refractivity contribution in [2.45, 2.75) is 58.7 Å². The van der Waals surface area contributed by atoms with Crippen molar-refractivity contribution in [3.63, 3.8) is 0 Å². The van der Waals surface area contributed by atoms with E-state index in [9.17, 15) is 0 Å². The summed E-state index contributed by atoms with van der Waals surface area (Å²) in [7, 11) is -0.369. The molecule has 0 amide bonds. The lowest BCUT2D eigenvalue weighted by Gasteiger charge is -2.32. The molecule has 1 aliphatic heterocycles. The van der Waals surface area contributed by atoms with E-state index in [4.69, 9.17) is 19.2 Å². The molecule has 0 atom stereocenters. The topological polar surface area (TPSA) is 47.9 Å². The number of ether oxygens (including phenoxy) is 1. The van der Waals surface area contributed by atoms with Gasteiger partial charge < -0.3 is 19.2 Å². The van der Waals surface area contributed by atoms with Gasteiger partial charge in [-0.2, -0.15) is 0 Å². The van der Waals surface area contributed by atoms with Gasteiger partial charge in [0.15, 0.2) is 0 Å². The minimum absolute atomic E-state index is 0.205. The Balaban J connectivity index is 2.11. The molecule has 0 spiro atoms. The Labute approximate surface area is 133 Å². The number of benzene rings is 1. The fourth-order valence-corrected chi connectivity index (χ4v) is 2.34. The molecule has 0 unspecified atom stereocenters. The Morgan fingerprint density at radius 3 is 2.32 bits per heavy atom. The first-order chi connectivity index (χ1) is 10.3. The van der Waals surface area contributed by atoms with Crippen molar-refractivity contribution in [2.24, 2.45) is 0 Å². The van der Waals surface area contributed by atoms with Crippen LogP contribution in [0.1, 0.15) is 46.1 Å². The van der Waals surface area contributed by atoms with Crippen molar-refractivity contribution in [3.05, 3.63) is 23.8 Å². The highest BCUT2D eigenvalue weighted by molar-refractivity contribution is 6.62. The molecule has 0 aromatic heterocycles. The van der Waals surface area contributed by atoms with Crippen molar-refractivity contribution < 1.29 is 19.2 Å². The number of aryl methyl sites for hydroxylation is 1. The summed E-state index contributed by atoms with van der Waals surface area (Å²) in [6, 6.07) is 5.99. The van der Waals surface area contributed by atoms with E-state index < -0.39 is 0 Å². The van der Waals surface area contributed by atoms with E-state index in [1.165, 1.54) is 0 Å². The van der Waals surface area contributed by atoms with E-state index >= 15 is 0 Å². The van der Waals surface area contributed by atoms with E-state index in [0.29, 0.717) is 6.61 Å². The first-order valence-corrected chi connectivity index (χ1v) is 7.97. The largest absolute Gasteiger partial charge is 0.495 e. The Morgan fingerprint density at radius 1 is 1.09 bits per heavy atom. The van der Waals surface area contributed by atoms with Crippen molar-refractivity contribution in [3.8, 4) is 5.75 Å². The molecular weight excluding hydrogens is 279 g/mol. The zero-order valence-corrected chi connectivity index (χ0v) is 14.3. The van der Waals surface area contributed by atoms with Gasteiger partial charge in [0.1, 0.15) is 5.75 Å². The number of aliphatic hydroxyl groups is 1. The van der Waals surface area contributed by atoms with Crippen LogP contribution in [0.5, 0.6) is 5.75 Å². The minimum Gasteiger partial charge on any atom is -0.494 e. The summed E-state index contributed by atoms with van der Waals surface area (Å²) in [6.45, 7) is 11.1. The second kappa shape index (κ2) is 6.61. The highest BCUT2D eigenvalue weighted by Gasteiger charge is 2.52. The maximum Gasteiger partial charge on any atom is 0.495 e. The molecule has 0 bridgehead atoms. The summed E-state index contributed by atoms with van der Waals surface area (Å²) in [5, 5.41) is 8.80. The minimum atomic E-state index is -0.369. The quantitative estimate of drug-likeness (QED) is 0.648. The van der Waals surface area contributed by atoms with Crippen molar-refractivity contribution >= 4 is 12.6 Å². The van der Waals surface area contributed by atoms with Gasteiger partial charge in [0, 0.05) is 6.61 Å². The lowest BCUT2D eigenvalue weighted by atomic mass is 9.76. The molecule has 22 heavy (non-hydrogen) atoms. The zero-order valence-electron chi connectivity index (χ0n) is 14.3. The predicted molar refractivity (Wildman–Crippen MR) is 88.7 cm³/mol. The zero-order chi connectivity index (χ0) is 16.4. The van der Waals surface area contributed by atoms with Crippen LogP contribution in [-0.4, -0.2) is 36.6 Å². The number of rotatable bonds is 6. The first kappa shape index (κ1) is 17.3. The third-order valence-corrected chi connectivity index (χ3v) is 4.58. The maximum absolute atomic E-state index is 8.80. The number of aliphatic hydroxyl groups excluding tert-OH is 1. The average Bonchev–Trinajstić information content (AvgIpc) is 2.65. The second-order valence-corrected chi connectivity index (χ2v) is 6.89. The van der Waals surface area contributed by atoms with Crippen molar-refractivity contribution in [2.75, 3.05) is 13.2 Å². The molecule has 122 valence electrons. The van der Waals surface area contributed by atoms with Gasteiger partial charge in [-0.05, 0) is 65.1 Å². The van der Waals surface area contributed by atoms with Crippen LogP contribution in [0.4, 0.5) is 0 Å². The summed E-state index contributed by atoms with van der Waals surface area (Å²) in [6.07, 6.45) is 1.60. The van der Waals surface area contributed by atoms with Crippen molar-refractivity contribution in [1.82, 2.24) is 0 Å². The molecule has 0 saturated carbocycles. The molecule has 4 nitrogen and oxygen atoms in total. The standard InChI is InChI=1S/C17H27BO4/c1-13-8-9-14(20-11-7-6-10-19)12-15(13)18-21-16(2,3)17(4,5)22-18/h8-9,12,19H,6-7,10-11H2,1-5H3. The van der Waals surface area contributed by atoms with E-state index in [1.807, 2.05) is 18.2 Å². The molecule has 1 fully saturated rings. The molecule has 1 heterocycles. The molecule has 1 aromatic carbocycles. The molecule has 1 aromatic rings. The summed E-state index contributed by atoms with van der Waals surface area (Å²) < 4.78 is 18.0. The van der Waals surface area contributed by atoms with Crippen LogP contribution < -0.4 is 10.2 Å². The average molecular weight is 306 g/mol. The van der Waals surface area contributed by atoms with Crippen LogP contribution >= 0.6 is 0 Å². The third kappa shape index (κ3) is 3.65. The fraction of sp³-hybridized carbons (Fsp3) is 0.647. The van der Waals surface area contributed by atoms with E-state index in [0.717, 1.165) is 29.6 Å². The third-order valence-electron chi connectivity index (χ3n) is 4.58. The fourth-order valence-electron chi connectivity index (χ4n) is 2.34.